The Labute approximate surface area is 134 Å². The molecule has 0 atom stereocenters. The Balaban J connectivity index is 1.78. The molecule has 0 fully saturated rings. The van der Waals surface area contributed by atoms with E-state index in [9.17, 15) is 4.79 Å². The van der Waals surface area contributed by atoms with Crippen LogP contribution < -0.4 is 5.32 Å². The van der Waals surface area contributed by atoms with Crippen molar-refractivity contribution in [3.63, 3.8) is 0 Å². The Kier molecular flexibility index (Phi) is 3.97. The van der Waals surface area contributed by atoms with E-state index in [1.165, 1.54) is 0 Å². The van der Waals surface area contributed by atoms with Crippen molar-refractivity contribution in [2.45, 2.75) is 6.42 Å². The van der Waals surface area contributed by atoms with Gasteiger partial charge in [0.2, 0.25) is 5.91 Å². The zero-order chi connectivity index (χ0) is 16.4. The van der Waals surface area contributed by atoms with E-state index in [0.29, 0.717) is 6.42 Å². The predicted molar refractivity (Wildman–Crippen MR) is 90.6 cm³/mol. The van der Waals surface area contributed by atoms with Crippen molar-refractivity contribution in [3.05, 3.63) is 48.0 Å². The van der Waals surface area contributed by atoms with Crippen molar-refractivity contribution in [3.8, 4) is 0 Å². The monoisotopic (exact) mass is 309 g/mol. The number of rotatable bonds is 4. The molecule has 1 amide bonds. The van der Waals surface area contributed by atoms with Crippen molar-refractivity contribution in [2.75, 3.05) is 19.4 Å². The molecule has 1 aromatic heterocycles. The van der Waals surface area contributed by atoms with E-state index in [4.69, 9.17) is 0 Å². The van der Waals surface area contributed by atoms with E-state index in [0.717, 1.165) is 28.0 Å². The fraction of sp³-hybridized carbons (Fsp3) is 0.235. The van der Waals surface area contributed by atoms with Crippen LogP contribution in [0.3, 0.4) is 0 Å². The quantitative estimate of drug-likeness (QED) is 0.803. The second kappa shape index (κ2) is 6.08. The summed E-state index contributed by atoms with van der Waals surface area (Å²) in [4.78, 5) is 14.9. The molecule has 1 N–H and O–H groups in total. The number of aryl methyl sites for hydroxylation is 1. The molecule has 6 nitrogen and oxygen atoms in total. The molecular formula is C17H19N5O. The number of carbonyl (C=O) groups is 1. The van der Waals surface area contributed by atoms with Gasteiger partial charge in [-0.25, -0.2) is 0 Å². The molecule has 0 unspecified atom stereocenters. The minimum atomic E-state index is 0.0926. The molecule has 3 aromatic rings. The number of aromatic nitrogens is 3. The van der Waals surface area contributed by atoms with Crippen molar-refractivity contribution in [1.82, 2.24) is 19.9 Å². The van der Waals surface area contributed by atoms with Crippen LogP contribution in [-0.4, -0.2) is 39.9 Å². The fourth-order valence-corrected chi connectivity index (χ4v) is 2.34. The Bertz CT molecular complexity index is 836. The lowest BCUT2D eigenvalue weighted by Gasteiger charge is -2.11. The number of carbonyl (C=O) groups excluding carboxylic acids is 1. The molecule has 0 aliphatic heterocycles. The third-order valence-corrected chi connectivity index (χ3v) is 3.60. The summed E-state index contributed by atoms with van der Waals surface area (Å²) in [6, 6.07) is 13.7. The van der Waals surface area contributed by atoms with E-state index >= 15 is 0 Å². The minimum absolute atomic E-state index is 0.0926. The molecule has 0 saturated heterocycles. The Hall–Kier alpha value is -2.89. The Morgan fingerprint density at radius 1 is 1.13 bits per heavy atom. The number of nitrogens with one attached hydrogen (secondary N) is 1. The number of anilines is 2. The number of fused-ring (bicyclic) bond motifs is 1. The molecule has 0 radical (unpaired) electrons. The van der Waals surface area contributed by atoms with E-state index in [2.05, 4.69) is 15.5 Å². The van der Waals surface area contributed by atoms with Gasteiger partial charge in [0.05, 0.1) is 12.1 Å². The maximum atomic E-state index is 11.7. The molecule has 0 bridgehead atoms. The summed E-state index contributed by atoms with van der Waals surface area (Å²) in [5.74, 6) is 0.0926. The predicted octanol–water partition coefficient (Wildman–Crippen LogP) is 2.34. The fourth-order valence-electron chi connectivity index (χ4n) is 2.34. The van der Waals surface area contributed by atoms with Crippen molar-refractivity contribution < 1.29 is 4.79 Å². The number of hydrogen-bond acceptors (Lipinski definition) is 4. The molecule has 6 heteroatoms. The van der Waals surface area contributed by atoms with Crippen molar-refractivity contribution >= 4 is 28.3 Å². The first-order valence-electron chi connectivity index (χ1n) is 7.39. The summed E-state index contributed by atoms with van der Waals surface area (Å²) in [6.45, 7) is 0. The zero-order valence-corrected chi connectivity index (χ0v) is 13.4. The van der Waals surface area contributed by atoms with Crippen LogP contribution in [0, 0.1) is 0 Å². The standard InChI is InChI=1S/C17H19N5O/c1-21(2)16(23)11-12-7-9-13(10-8-12)18-14-5-4-6-15-17(14)20-22(3)19-15/h4-10,18H,11H2,1-3H3. The third kappa shape index (κ3) is 3.31. The van der Waals surface area contributed by atoms with Crippen LogP contribution >= 0.6 is 0 Å². The first-order valence-corrected chi connectivity index (χ1v) is 7.39. The Morgan fingerprint density at radius 2 is 1.87 bits per heavy atom. The van der Waals surface area contributed by atoms with Gasteiger partial charge in [-0.1, -0.05) is 18.2 Å². The van der Waals surface area contributed by atoms with E-state index < -0.39 is 0 Å². The van der Waals surface area contributed by atoms with Crippen LogP contribution in [0.5, 0.6) is 0 Å². The molecule has 2 aromatic carbocycles. The van der Waals surface area contributed by atoms with Crippen molar-refractivity contribution in [2.24, 2.45) is 7.05 Å². The first-order chi connectivity index (χ1) is 11.0. The molecule has 118 valence electrons. The maximum absolute atomic E-state index is 11.7. The lowest BCUT2D eigenvalue weighted by molar-refractivity contribution is -0.127. The number of benzene rings is 2. The van der Waals surface area contributed by atoms with Crippen LogP contribution in [0.2, 0.25) is 0 Å². The molecule has 0 saturated carbocycles. The Morgan fingerprint density at radius 3 is 2.57 bits per heavy atom. The average Bonchev–Trinajstić information content (AvgIpc) is 2.90. The molecule has 0 aliphatic rings. The summed E-state index contributed by atoms with van der Waals surface area (Å²) in [5, 5.41) is 12.0. The second-order valence-electron chi connectivity index (χ2n) is 5.65. The summed E-state index contributed by atoms with van der Waals surface area (Å²) in [6.07, 6.45) is 0.410. The zero-order valence-electron chi connectivity index (χ0n) is 13.4. The van der Waals surface area contributed by atoms with Gasteiger partial charge in [0.15, 0.2) is 0 Å². The lowest BCUT2D eigenvalue weighted by atomic mass is 10.1. The van der Waals surface area contributed by atoms with Crippen LogP contribution in [0.25, 0.3) is 11.0 Å². The van der Waals surface area contributed by atoms with Gasteiger partial charge in [-0.3, -0.25) is 4.79 Å². The average molecular weight is 309 g/mol. The largest absolute Gasteiger partial charge is 0.354 e. The van der Waals surface area contributed by atoms with Gasteiger partial charge in [0.1, 0.15) is 11.0 Å². The minimum Gasteiger partial charge on any atom is -0.354 e. The van der Waals surface area contributed by atoms with Crippen LogP contribution in [0.1, 0.15) is 5.56 Å². The molecule has 0 spiro atoms. The normalized spacial score (nSPS) is 10.7. The molecular weight excluding hydrogens is 290 g/mol. The highest BCUT2D eigenvalue weighted by molar-refractivity contribution is 5.89. The SMILES string of the molecule is CN(C)C(=O)Cc1ccc(Nc2cccc3nn(C)nc23)cc1. The highest BCUT2D eigenvalue weighted by Crippen LogP contribution is 2.24. The van der Waals surface area contributed by atoms with E-state index in [1.54, 1.807) is 30.8 Å². The maximum Gasteiger partial charge on any atom is 0.226 e. The summed E-state index contributed by atoms with van der Waals surface area (Å²) >= 11 is 0. The van der Waals surface area contributed by atoms with Gasteiger partial charge in [-0.2, -0.15) is 15.0 Å². The van der Waals surface area contributed by atoms with Crippen molar-refractivity contribution in [1.29, 1.82) is 0 Å². The summed E-state index contributed by atoms with van der Waals surface area (Å²) < 4.78 is 0. The molecule has 0 aliphatic carbocycles. The third-order valence-electron chi connectivity index (χ3n) is 3.60. The van der Waals surface area contributed by atoms with Gasteiger partial charge in [0, 0.05) is 26.8 Å². The summed E-state index contributed by atoms with van der Waals surface area (Å²) in [7, 11) is 5.33. The number of hydrogen-bond donors (Lipinski definition) is 1. The second-order valence-corrected chi connectivity index (χ2v) is 5.65. The topological polar surface area (TPSA) is 63.1 Å². The van der Waals surface area contributed by atoms with Gasteiger partial charge < -0.3 is 10.2 Å². The highest BCUT2D eigenvalue weighted by Gasteiger charge is 2.08. The van der Waals surface area contributed by atoms with Crippen LogP contribution in [0.15, 0.2) is 42.5 Å². The van der Waals surface area contributed by atoms with Gasteiger partial charge >= 0.3 is 0 Å². The molecule has 3 rings (SSSR count). The first kappa shape index (κ1) is 15.0. The summed E-state index contributed by atoms with van der Waals surface area (Å²) in [5.41, 5.74) is 4.54. The number of nitrogens with zero attached hydrogens (tertiary/aromatic N) is 4. The van der Waals surface area contributed by atoms with E-state index in [1.807, 2.05) is 42.5 Å². The smallest absolute Gasteiger partial charge is 0.226 e. The lowest BCUT2D eigenvalue weighted by Crippen LogP contribution is -2.23. The number of likely N-dealkylation sites (N-methyl/N-ethyl adjacent to an activating group) is 1. The van der Waals surface area contributed by atoms with Gasteiger partial charge in [0.25, 0.3) is 0 Å². The van der Waals surface area contributed by atoms with Crippen LogP contribution in [0.4, 0.5) is 11.4 Å². The van der Waals surface area contributed by atoms with Gasteiger partial charge in [-0.15, -0.1) is 0 Å². The molecule has 23 heavy (non-hydrogen) atoms. The highest BCUT2D eigenvalue weighted by atomic mass is 16.2. The molecule has 1 heterocycles. The van der Waals surface area contributed by atoms with Gasteiger partial charge in [-0.05, 0) is 29.8 Å². The van der Waals surface area contributed by atoms with E-state index in [-0.39, 0.29) is 5.91 Å². The van der Waals surface area contributed by atoms with Crippen LogP contribution in [-0.2, 0) is 18.3 Å². The number of amides is 1.